The van der Waals surface area contributed by atoms with E-state index < -0.39 is 10.0 Å². The van der Waals surface area contributed by atoms with Gasteiger partial charge in [-0.1, -0.05) is 80.9 Å². The van der Waals surface area contributed by atoms with Gasteiger partial charge in [-0.2, -0.15) is 0 Å². The average Bonchev–Trinajstić information content (AvgIpc) is 3.29. The van der Waals surface area contributed by atoms with E-state index in [1.807, 2.05) is 73.7 Å². The monoisotopic (exact) mass is 537 g/mol. The predicted octanol–water partition coefficient (Wildman–Crippen LogP) is 7.49. The number of rotatable bonds is 6. The molecule has 3 N–H and O–H groups in total. The van der Waals surface area contributed by atoms with E-state index in [1.54, 1.807) is 30.3 Å². The highest BCUT2D eigenvalue weighted by molar-refractivity contribution is 7.92. The van der Waals surface area contributed by atoms with Gasteiger partial charge in [0.1, 0.15) is 5.69 Å². The summed E-state index contributed by atoms with van der Waals surface area (Å²) in [7, 11) is -3.81. The fourth-order valence-electron chi connectivity index (χ4n) is 4.51. The van der Waals surface area contributed by atoms with Crippen molar-refractivity contribution in [1.29, 1.82) is 0 Å². The third kappa shape index (κ3) is 5.59. The van der Waals surface area contributed by atoms with Gasteiger partial charge in [0, 0.05) is 27.8 Å². The quantitative estimate of drug-likeness (QED) is 0.209. The third-order valence-electron chi connectivity index (χ3n) is 6.68. The molecule has 0 radical (unpaired) electrons. The molecule has 1 heterocycles. The van der Waals surface area contributed by atoms with Crippen molar-refractivity contribution in [1.82, 2.24) is 4.98 Å². The van der Waals surface area contributed by atoms with Crippen LogP contribution in [0.3, 0.4) is 0 Å². The number of sulfonamides is 1. The molecule has 0 aliphatic heterocycles. The smallest absolute Gasteiger partial charge is 0.272 e. The lowest BCUT2D eigenvalue weighted by Gasteiger charge is -2.19. The second kappa shape index (κ2) is 10.1. The highest BCUT2D eigenvalue weighted by atomic mass is 32.2. The maximum Gasteiger partial charge on any atom is 0.272 e. The van der Waals surface area contributed by atoms with E-state index in [-0.39, 0.29) is 16.2 Å². The number of aromatic amines is 1. The van der Waals surface area contributed by atoms with Crippen molar-refractivity contribution >= 4 is 38.2 Å². The molecule has 6 nitrogen and oxygen atoms in total. The Morgan fingerprint density at radius 1 is 0.795 bits per heavy atom. The summed E-state index contributed by atoms with van der Waals surface area (Å²) < 4.78 is 29.1. The van der Waals surface area contributed by atoms with Crippen molar-refractivity contribution in [3.05, 3.63) is 114 Å². The second-order valence-electron chi connectivity index (χ2n) is 10.7. The van der Waals surface area contributed by atoms with Crippen LogP contribution in [0.2, 0.25) is 0 Å². The SMILES string of the molecule is Cc1ccc(NC(=O)c2[nH]c3ccc(NS(=O)(=O)c4ccc(C(C)(C)C)cc4)cc3c2-c2ccccc2)cc1. The van der Waals surface area contributed by atoms with E-state index >= 15 is 0 Å². The fraction of sp³-hybridized carbons (Fsp3) is 0.156. The Labute approximate surface area is 229 Å². The van der Waals surface area contributed by atoms with Crippen LogP contribution >= 0.6 is 0 Å². The summed E-state index contributed by atoms with van der Waals surface area (Å²) in [6.45, 7) is 8.24. The minimum atomic E-state index is -3.81. The summed E-state index contributed by atoms with van der Waals surface area (Å²) in [5.41, 5.74) is 5.84. The molecule has 4 aromatic carbocycles. The average molecular weight is 538 g/mol. The number of benzene rings is 4. The molecule has 0 spiro atoms. The Bertz CT molecular complexity index is 1750. The minimum Gasteiger partial charge on any atom is -0.350 e. The summed E-state index contributed by atoms with van der Waals surface area (Å²) in [5.74, 6) is -0.282. The van der Waals surface area contributed by atoms with Crippen LogP contribution in [0.25, 0.3) is 22.0 Å². The minimum absolute atomic E-state index is 0.0771. The standard InChI is InChI=1S/C32H31N3O3S/c1-21-10-14-24(15-11-21)33-31(36)30-29(22-8-6-5-7-9-22)27-20-25(16-19-28(27)34-30)35-39(37,38)26-17-12-23(13-18-26)32(2,3)4/h5-20,34-35H,1-4H3,(H,33,36). The maximum absolute atomic E-state index is 13.4. The zero-order valence-corrected chi connectivity index (χ0v) is 23.2. The van der Waals surface area contributed by atoms with Gasteiger partial charge in [0.25, 0.3) is 15.9 Å². The number of fused-ring (bicyclic) bond motifs is 1. The van der Waals surface area contributed by atoms with Crippen molar-refractivity contribution < 1.29 is 13.2 Å². The number of H-pyrrole nitrogens is 1. The van der Waals surface area contributed by atoms with Crippen LogP contribution < -0.4 is 10.0 Å². The number of hydrogen-bond donors (Lipinski definition) is 3. The van der Waals surface area contributed by atoms with Gasteiger partial charge in [-0.05, 0) is 65.9 Å². The van der Waals surface area contributed by atoms with Crippen LogP contribution in [-0.2, 0) is 15.4 Å². The lowest BCUT2D eigenvalue weighted by Crippen LogP contribution is -2.14. The van der Waals surface area contributed by atoms with Gasteiger partial charge in [-0.15, -0.1) is 0 Å². The Hall–Kier alpha value is -4.36. The molecule has 0 bridgehead atoms. The lowest BCUT2D eigenvalue weighted by molar-refractivity contribution is 0.102. The molecule has 0 aliphatic rings. The summed E-state index contributed by atoms with van der Waals surface area (Å²) in [4.78, 5) is 16.8. The largest absolute Gasteiger partial charge is 0.350 e. The number of carbonyl (C=O) groups is 1. The van der Waals surface area contributed by atoms with Crippen molar-refractivity contribution in [3.8, 4) is 11.1 Å². The van der Waals surface area contributed by atoms with Crippen LogP contribution in [0, 0.1) is 6.92 Å². The van der Waals surface area contributed by atoms with E-state index in [2.05, 4.69) is 35.8 Å². The summed E-state index contributed by atoms with van der Waals surface area (Å²) >= 11 is 0. The number of aryl methyl sites for hydroxylation is 1. The normalized spacial score (nSPS) is 11.9. The first-order valence-corrected chi connectivity index (χ1v) is 14.2. The first kappa shape index (κ1) is 26.3. The van der Waals surface area contributed by atoms with E-state index in [0.717, 1.165) is 27.6 Å². The van der Waals surface area contributed by atoms with Crippen molar-refractivity contribution in [2.45, 2.75) is 38.0 Å². The fourth-order valence-corrected chi connectivity index (χ4v) is 5.56. The molecule has 198 valence electrons. The van der Waals surface area contributed by atoms with Crippen LogP contribution in [0.5, 0.6) is 0 Å². The molecule has 7 heteroatoms. The van der Waals surface area contributed by atoms with Crippen LogP contribution in [0.15, 0.2) is 102 Å². The van der Waals surface area contributed by atoms with Crippen LogP contribution in [0.1, 0.15) is 42.4 Å². The van der Waals surface area contributed by atoms with Crippen molar-refractivity contribution in [2.75, 3.05) is 10.0 Å². The zero-order chi connectivity index (χ0) is 27.8. The highest BCUT2D eigenvalue weighted by Gasteiger charge is 2.22. The number of aromatic nitrogens is 1. The Morgan fingerprint density at radius 2 is 1.44 bits per heavy atom. The third-order valence-corrected chi connectivity index (χ3v) is 8.08. The molecule has 0 unspecified atom stereocenters. The van der Waals surface area contributed by atoms with E-state index in [4.69, 9.17) is 0 Å². The van der Waals surface area contributed by atoms with Gasteiger partial charge in [0.15, 0.2) is 0 Å². The van der Waals surface area contributed by atoms with Gasteiger partial charge in [0.2, 0.25) is 0 Å². The Kier molecular flexibility index (Phi) is 6.78. The van der Waals surface area contributed by atoms with Gasteiger partial charge in [-0.3, -0.25) is 9.52 Å². The van der Waals surface area contributed by atoms with Crippen LogP contribution in [-0.4, -0.2) is 19.3 Å². The number of anilines is 2. The summed E-state index contributed by atoms with van der Waals surface area (Å²) in [5, 5.41) is 3.70. The van der Waals surface area contributed by atoms with E-state index in [1.165, 1.54) is 0 Å². The summed E-state index contributed by atoms with van der Waals surface area (Å²) in [6, 6.07) is 29.4. The molecule has 0 atom stereocenters. The van der Waals surface area contributed by atoms with Crippen LogP contribution in [0.4, 0.5) is 11.4 Å². The number of carbonyl (C=O) groups excluding carboxylic acids is 1. The first-order valence-electron chi connectivity index (χ1n) is 12.7. The van der Waals surface area contributed by atoms with Crippen molar-refractivity contribution in [3.63, 3.8) is 0 Å². The maximum atomic E-state index is 13.4. The molecular weight excluding hydrogens is 506 g/mol. The number of amides is 1. The van der Waals surface area contributed by atoms with E-state index in [9.17, 15) is 13.2 Å². The van der Waals surface area contributed by atoms with Gasteiger partial charge >= 0.3 is 0 Å². The second-order valence-corrected chi connectivity index (χ2v) is 12.4. The number of nitrogens with one attached hydrogen (secondary N) is 3. The zero-order valence-electron chi connectivity index (χ0n) is 22.4. The molecule has 1 amide bonds. The molecule has 0 aliphatic carbocycles. The Morgan fingerprint density at radius 3 is 2.08 bits per heavy atom. The molecule has 1 aromatic heterocycles. The molecular formula is C32H31N3O3S. The molecule has 0 fully saturated rings. The summed E-state index contributed by atoms with van der Waals surface area (Å²) in [6.07, 6.45) is 0. The number of hydrogen-bond acceptors (Lipinski definition) is 3. The molecule has 0 saturated carbocycles. The van der Waals surface area contributed by atoms with Gasteiger partial charge in [-0.25, -0.2) is 8.42 Å². The molecule has 39 heavy (non-hydrogen) atoms. The highest BCUT2D eigenvalue weighted by Crippen LogP contribution is 2.35. The van der Waals surface area contributed by atoms with Gasteiger partial charge < -0.3 is 10.3 Å². The van der Waals surface area contributed by atoms with Gasteiger partial charge in [0.05, 0.1) is 4.90 Å². The first-order chi connectivity index (χ1) is 18.5. The molecule has 5 aromatic rings. The van der Waals surface area contributed by atoms with E-state index in [0.29, 0.717) is 22.6 Å². The predicted molar refractivity (Wildman–Crippen MR) is 159 cm³/mol. The lowest BCUT2D eigenvalue weighted by atomic mass is 9.87. The molecule has 5 rings (SSSR count). The van der Waals surface area contributed by atoms with Crippen molar-refractivity contribution in [2.24, 2.45) is 0 Å². The topological polar surface area (TPSA) is 91.1 Å². The molecule has 0 saturated heterocycles. The Balaban J connectivity index is 1.53.